The summed E-state index contributed by atoms with van der Waals surface area (Å²) < 4.78 is 25.6. The van der Waals surface area contributed by atoms with Crippen molar-refractivity contribution in [3.8, 4) is 40.0 Å². The second-order valence-electron chi connectivity index (χ2n) is 12.4. The molecule has 1 aromatic heterocycles. The summed E-state index contributed by atoms with van der Waals surface area (Å²) in [6.45, 7) is 7.87. The number of hydrogen-bond acceptors (Lipinski definition) is 6. The first kappa shape index (κ1) is 35.7. The van der Waals surface area contributed by atoms with Gasteiger partial charge in [0.05, 0.1) is 25.1 Å². The second-order valence-corrected chi connectivity index (χ2v) is 13.3. The topological polar surface area (TPSA) is 65.6 Å². The molecule has 0 fully saturated rings. The summed E-state index contributed by atoms with van der Waals surface area (Å²) in [4.78, 5) is 8.21. The van der Waals surface area contributed by atoms with Gasteiger partial charge in [0.1, 0.15) is 35.4 Å². The lowest BCUT2D eigenvalue weighted by molar-refractivity contribution is 0.243. The predicted octanol–water partition coefficient (Wildman–Crippen LogP) is 11.4. The van der Waals surface area contributed by atoms with Gasteiger partial charge in [0, 0.05) is 29.4 Å². The third-order valence-corrected chi connectivity index (χ3v) is 9.51. The van der Waals surface area contributed by atoms with E-state index in [0.717, 1.165) is 98.9 Å². The van der Waals surface area contributed by atoms with Gasteiger partial charge in [-0.1, -0.05) is 117 Å². The number of nitrogens with zero attached hydrogens (tertiary/aromatic N) is 1. The van der Waals surface area contributed by atoms with Crippen LogP contribution in [0.1, 0.15) is 54.5 Å². The zero-order chi connectivity index (χ0) is 35.3. The number of aryl methyl sites for hydroxylation is 2. The number of H-pyrrole nitrogens is 1. The molecule has 0 bridgehead atoms. The maximum Gasteiger partial charge on any atom is 0.166 e. The lowest BCUT2D eigenvalue weighted by atomic mass is 10.0. The van der Waals surface area contributed by atoms with E-state index in [1.165, 1.54) is 5.56 Å². The Morgan fingerprint density at radius 2 is 1.35 bits per heavy atom. The molecule has 0 saturated carbocycles. The predicted molar refractivity (Wildman–Crippen MR) is 207 cm³/mol. The van der Waals surface area contributed by atoms with Crippen LogP contribution in [0.4, 0.5) is 0 Å². The molecule has 0 saturated heterocycles. The maximum absolute atomic E-state index is 6.47. The lowest BCUT2D eigenvalue weighted by Crippen LogP contribution is -2.08. The van der Waals surface area contributed by atoms with E-state index >= 15 is 0 Å². The van der Waals surface area contributed by atoms with E-state index in [-0.39, 0.29) is 0 Å². The molecule has 7 heteroatoms. The monoisotopic (exact) mass is 698 g/mol. The van der Waals surface area contributed by atoms with E-state index < -0.39 is 0 Å². The Morgan fingerprint density at radius 1 is 0.667 bits per heavy atom. The van der Waals surface area contributed by atoms with Gasteiger partial charge in [-0.15, -0.1) is 0 Å². The molecular formula is C44H46N2O4S. The number of aromatic nitrogens is 2. The number of aromatic amines is 1. The molecule has 6 nitrogen and oxygen atoms in total. The first-order valence-corrected chi connectivity index (χ1v) is 18.8. The fourth-order valence-electron chi connectivity index (χ4n) is 5.81. The molecule has 0 amide bonds. The first-order valence-electron chi connectivity index (χ1n) is 17.8. The van der Waals surface area contributed by atoms with Crippen molar-refractivity contribution >= 4 is 11.8 Å². The molecule has 0 radical (unpaired) electrons. The van der Waals surface area contributed by atoms with E-state index in [1.807, 2.05) is 72.9 Å². The highest BCUT2D eigenvalue weighted by molar-refractivity contribution is 7.98. The zero-order valence-electron chi connectivity index (χ0n) is 29.7. The van der Waals surface area contributed by atoms with Crippen molar-refractivity contribution in [3.05, 3.63) is 149 Å². The van der Waals surface area contributed by atoms with E-state index in [9.17, 15) is 0 Å². The normalized spacial score (nSPS) is 11.0. The van der Waals surface area contributed by atoms with Gasteiger partial charge in [-0.25, -0.2) is 4.98 Å². The Morgan fingerprint density at radius 3 is 2.10 bits per heavy atom. The average molecular weight is 699 g/mol. The molecule has 1 N–H and O–H groups in total. The molecule has 6 rings (SSSR count). The summed E-state index contributed by atoms with van der Waals surface area (Å²) in [7, 11) is 0. The van der Waals surface area contributed by atoms with Crippen LogP contribution >= 0.6 is 11.8 Å². The van der Waals surface area contributed by atoms with Crippen molar-refractivity contribution in [3.63, 3.8) is 0 Å². The fourth-order valence-corrected chi connectivity index (χ4v) is 6.61. The number of nitrogens with one attached hydrogen (secondary N) is 1. The Bertz CT molecular complexity index is 1980. The number of rotatable bonds is 18. The molecule has 6 aromatic rings. The van der Waals surface area contributed by atoms with Crippen LogP contribution in [0.5, 0.6) is 28.7 Å². The maximum atomic E-state index is 6.47. The third kappa shape index (κ3) is 9.77. The number of para-hydroxylation sites is 1. The first-order chi connectivity index (χ1) is 25.1. The van der Waals surface area contributed by atoms with E-state index in [1.54, 1.807) is 11.8 Å². The van der Waals surface area contributed by atoms with Crippen LogP contribution in [-0.2, 0) is 25.2 Å². The molecule has 262 valence electrons. The highest BCUT2D eigenvalue weighted by Gasteiger charge is 2.17. The molecular weight excluding hydrogens is 653 g/mol. The lowest BCUT2D eigenvalue weighted by Gasteiger charge is -2.18. The van der Waals surface area contributed by atoms with Crippen molar-refractivity contribution in [2.75, 3.05) is 13.2 Å². The van der Waals surface area contributed by atoms with Gasteiger partial charge in [0.25, 0.3) is 0 Å². The van der Waals surface area contributed by atoms with Crippen LogP contribution in [0, 0.1) is 6.92 Å². The number of benzene rings is 5. The van der Waals surface area contributed by atoms with Crippen molar-refractivity contribution in [1.82, 2.24) is 9.97 Å². The van der Waals surface area contributed by atoms with Gasteiger partial charge in [0.2, 0.25) is 0 Å². The fraction of sp³-hybridized carbons (Fsp3) is 0.250. The molecule has 5 aromatic carbocycles. The van der Waals surface area contributed by atoms with Crippen molar-refractivity contribution in [2.24, 2.45) is 0 Å². The summed E-state index contributed by atoms with van der Waals surface area (Å²) in [5.41, 5.74) is 7.54. The van der Waals surface area contributed by atoms with Crippen LogP contribution in [0.3, 0.4) is 0 Å². The van der Waals surface area contributed by atoms with Crippen LogP contribution in [0.15, 0.2) is 127 Å². The smallest absolute Gasteiger partial charge is 0.166 e. The largest absolute Gasteiger partial charge is 0.493 e. The number of thioether (sulfide) groups is 1. The third-order valence-electron chi connectivity index (χ3n) is 8.55. The minimum atomic E-state index is 0.447. The molecule has 1 heterocycles. The molecule has 0 aliphatic carbocycles. The van der Waals surface area contributed by atoms with Gasteiger partial charge >= 0.3 is 0 Å². The Hall–Kier alpha value is -5.14. The average Bonchev–Trinajstić information content (AvgIpc) is 3.64. The number of imidazole rings is 1. The number of hydrogen-bond donors (Lipinski definition) is 1. The van der Waals surface area contributed by atoms with Gasteiger partial charge < -0.3 is 23.9 Å². The van der Waals surface area contributed by atoms with E-state index in [4.69, 9.17) is 18.9 Å². The molecule has 0 unspecified atom stereocenters. The summed E-state index contributed by atoms with van der Waals surface area (Å²) in [5, 5.41) is 0.871. The molecule has 0 spiro atoms. The summed E-state index contributed by atoms with van der Waals surface area (Å²) in [6, 6.07) is 39.0. The molecule has 0 aliphatic heterocycles. The number of ether oxygens (including phenoxy) is 4. The summed E-state index contributed by atoms with van der Waals surface area (Å²) >= 11 is 1.69. The highest BCUT2D eigenvalue weighted by Crippen LogP contribution is 2.38. The van der Waals surface area contributed by atoms with Gasteiger partial charge in [0.15, 0.2) is 5.16 Å². The molecule has 0 aliphatic rings. The van der Waals surface area contributed by atoms with Gasteiger partial charge in [-0.05, 0) is 66.3 Å². The Balaban J connectivity index is 1.14. The van der Waals surface area contributed by atoms with Gasteiger partial charge in [-0.2, -0.15) is 0 Å². The van der Waals surface area contributed by atoms with Crippen LogP contribution in [0.25, 0.3) is 11.3 Å². The molecule has 51 heavy (non-hydrogen) atoms. The van der Waals surface area contributed by atoms with Crippen molar-refractivity contribution in [1.29, 1.82) is 0 Å². The van der Waals surface area contributed by atoms with Crippen molar-refractivity contribution in [2.45, 2.75) is 64.0 Å². The standard InChI is InChI=1S/C44H46N2O4S/c1-4-16-36-40(23-14-24-41(36)50-39-22-13-12-17-32(39)3)47-25-15-26-48-42-28-43(49-30-33-18-8-6-9-19-33)37(27-35(42)5-2)38-29-45-44(46-38)51-31-34-20-10-7-11-21-34/h6-14,17-24,27-29H,4-5,15-16,25-26,30-31H2,1-3H3,(H,45,46). The SMILES string of the molecule is CCCc1c(OCCCOc2cc(OCc3ccccc3)c(-c3cnc(SCc4ccccc4)[nH]3)cc2CC)cccc1Oc1ccccc1C. The van der Waals surface area contributed by atoms with Crippen molar-refractivity contribution < 1.29 is 18.9 Å². The summed E-state index contributed by atoms with van der Waals surface area (Å²) in [6.07, 6.45) is 5.29. The minimum Gasteiger partial charge on any atom is -0.493 e. The van der Waals surface area contributed by atoms with Crippen LogP contribution < -0.4 is 18.9 Å². The van der Waals surface area contributed by atoms with Gasteiger partial charge in [-0.3, -0.25) is 0 Å². The Kier molecular flexibility index (Phi) is 12.7. The van der Waals surface area contributed by atoms with Crippen LogP contribution in [0.2, 0.25) is 0 Å². The zero-order valence-corrected chi connectivity index (χ0v) is 30.5. The van der Waals surface area contributed by atoms with E-state index in [0.29, 0.717) is 19.8 Å². The Labute approximate surface area is 306 Å². The van der Waals surface area contributed by atoms with E-state index in [2.05, 4.69) is 79.3 Å². The highest BCUT2D eigenvalue weighted by atomic mass is 32.2. The van der Waals surface area contributed by atoms with Crippen LogP contribution in [-0.4, -0.2) is 23.2 Å². The minimum absolute atomic E-state index is 0.447. The summed E-state index contributed by atoms with van der Waals surface area (Å²) in [5.74, 6) is 4.98. The quantitative estimate of drug-likeness (QED) is 0.0712. The second kappa shape index (κ2) is 18.2. The molecule has 0 atom stereocenters.